The van der Waals surface area contributed by atoms with Crippen LogP contribution in [0, 0.1) is 5.92 Å². The van der Waals surface area contributed by atoms with Crippen LogP contribution >= 0.6 is 15.9 Å². The van der Waals surface area contributed by atoms with Gasteiger partial charge < -0.3 is 5.32 Å². The largest absolute Gasteiger partial charge is 0.313 e. The van der Waals surface area contributed by atoms with E-state index in [1.807, 2.05) is 6.20 Å². The Bertz CT molecular complexity index is 351. The number of unbranched alkanes of at least 4 members (excludes halogenated alkanes) is 1. The highest BCUT2D eigenvalue weighted by molar-refractivity contribution is 9.10. The van der Waals surface area contributed by atoms with E-state index in [-0.39, 0.29) is 0 Å². The molecule has 2 atom stereocenters. The van der Waals surface area contributed by atoms with Crippen molar-refractivity contribution < 1.29 is 0 Å². The molecule has 1 N–H and O–H groups in total. The van der Waals surface area contributed by atoms with Gasteiger partial charge in [-0.25, -0.2) is 0 Å². The average molecular weight is 341 g/mol. The molecule has 0 spiro atoms. The Balaban J connectivity index is 2.68. The van der Waals surface area contributed by atoms with Crippen molar-refractivity contribution in [3.05, 3.63) is 28.5 Å². The van der Waals surface area contributed by atoms with Crippen molar-refractivity contribution in [2.45, 2.75) is 65.3 Å². The van der Waals surface area contributed by atoms with E-state index in [4.69, 9.17) is 0 Å². The molecule has 0 aliphatic rings. The minimum Gasteiger partial charge on any atom is -0.313 e. The zero-order valence-electron chi connectivity index (χ0n) is 13.2. The number of rotatable bonds is 10. The first-order chi connectivity index (χ1) is 9.71. The molecule has 114 valence electrons. The fraction of sp³-hybridized carbons (Fsp3) is 0.706. The lowest BCUT2D eigenvalue weighted by Crippen LogP contribution is -2.38. The van der Waals surface area contributed by atoms with Crippen molar-refractivity contribution in [1.29, 1.82) is 0 Å². The molecule has 0 saturated heterocycles. The molecule has 0 fully saturated rings. The van der Waals surface area contributed by atoms with Gasteiger partial charge in [-0.2, -0.15) is 0 Å². The fourth-order valence-electron chi connectivity index (χ4n) is 2.64. The molecule has 0 aliphatic carbocycles. The second-order valence-corrected chi connectivity index (χ2v) is 6.46. The predicted molar refractivity (Wildman–Crippen MR) is 91.0 cm³/mol. The van der Waals surface area contributed by atoms with Gasteiger partial charge in [0.1, 0.15) is 0 Å². The number of nitrogens with zero attached hydrogens (tertiary/aromatic N) is 1. The number of pyridine rings is 1. The molecule has 2 nitrogen and oxygen atoms in total. The van der Waals surface area contributed by atoms with Gasteiger partial charge in [-0.05, 0) is 53.4 Å². The van der Waals surface area contributed by atoms with Crippen molar-refractivity contribution in [2.24, 2.45) is 5.92 Å². The Morgan fingerprint density at radius 1 is 1.20 bits per heavy atom. The highest BCUT2D eigenvalue weighted by Crippen LogP contribution is 2.20. The van der Waals surface area contributed by atoms with E-state index in [0.29, 0.717) is 6.04 Å². The van der Waals surface area contributed by atoms with Gasteiger partial charge in [-0.3, -0.25) is 4.98 Å². The van der Waals surface area contributed by atoms with Crippen LogP contribution in [0.5, 0.6) is 0 Å². The second kappa shape index (κ2) is 10.3. The molecular weight excluding hydrogens is 312 g/mol. The number of hydrogen-bond donors (Lipinski definition) is 1. The van der Waals surface area contributed by atoms with E-state index < -0.39 is 0 Å². The van der Waals surface area contributed by atoms with Gasteiger partial charge in [0.15, 0.2) is 0 Å². The van der Waals surface area contributed by atoms with Gasteiger partial charge in [0.2, 0.25) is 0 Å². The van der Waals surface area contributed by atoms with E-state index >= 15 is 0 Å². The lowest BCUT2D eigenvalue weighted by atomic mass is 9.88. The van der Waals surface area contributed by atoms with Gasteiger partial charge in [0, 0.05) is 28.8 Å². The summed E-state index contributed by atoms with van der Waals surface area (Å²) in [5.74, 6) is 0.756. The number of nitrogens with one attached hydrogen (secondary N) is 1. The Labute approximate surface area is 132 Å². The van der Waals surface area contributed by atoms with E-state index in [1.54, 1.807) is 0 Å². The molecule has 0 aromatic carbocycles. The average Bonchev–Trinajstić information content (AvgIpc) is 2.47. The zero-order valence-corrected chi connectivity index (χ0v) is 14.7. The molecular formula is C17H29BrN2. The predicted octanol–water partition coefficient (Wildman–Crippen LogP) is 4.97. The standard InChI is InChI=1S/C17H29BrN2/c1-4-7-8-14(6-3)17(19-11-5-2)12-16-10-9-15(18)13-20-16/h9-10,13-14,17,19H,4-8,11-12H2,1-3H3. The maximum Gasteiger partial charge on any atom is 0.0420 e. The molecule has 0 amide bonds. The lowest BCUT2D eigenvalue weighted by Gasteiger charge is -2.27. The Kier molecular flexibility index (Phi) is 9.12. The minimum absolute atomic E-state index is 0.556. The van der Waals surface area contributed by atoms with Gasteiger partial charge in [0.05, 0.1) is 0 Å². The van der Waals surface area contributed by atoms with Crippen molar-refractivity contribution >= 4 is 15.9 Å². The van der Waals surface area contributed by atoms with Crippen molar-refractivity contribution in [2.75, 3.05) is 6.54 Å². The summed E-state index contributed by atoms with van der Waals surface area (Å²) in [6, 6.07) is 4.78. The Morgan fingerprint density at radius 3 is 2.55 bits per heavy atom. The molecule has 0 aliphatic heterocycles. The number of aromatic nitrogens is 1. The van der Waals surface area contributed by atoms with Gasteiger partial charge in [0.25, 0.3) is 0 Å². The molecule has 1 aromatic rings. The molecule has 0 bridgehead atoms. The number of halogens is 1. The summed E-state index contributed by atoms with van der Waals surface area (Å²) in [7, 11) is 0. The quantitative estimate of drug-likeness (QED) is 0.650. The van der Waals surface area contributed by atoms with Crippen LogP contribution in [0.25, 0.3) is 0 Å². The molecule has 0 radical (unpaired) electrons. The maximum absolute atomic E-state index is 4.54. The molecule has 2 unspecified atom stereocenters. The van der Waals surface area contributed by atoms with Crippen LogP contribution in [0.4, 0.5) is 0 Å². The normalized spacial score (nSPS) is 14.2. The highest BCUT2D eigenvalue weighted by atomic mass is 79.9. The van der Waals surface area contributed by atoms with E-state index in [1.165, 1.54) is 37.8 Å². The summed E-state index contributed by atoms with van der Waals surface area (Å²) in [4.78, 5) is 4.54. The molecule has 1 aromatic heterocycles. The van der Waals surface area contributed by atoms with Crippen LogP contribution in [-0.4, -0.2) is 17.6 Å². The summed E-state index contributed by atoms with van der Waals surface area (Å²) in [6.07, 6.45) is 9.32. The molecule has 20 heavy (non-hydrogen) atoms. The van der Waals surface area contributed by atoms with Gasteiger partial charge in [-0.1, -0.05) is 40.0 Å². The topological polar surface area (TPSA) is 24.9 Å². The van der Waals surface area contributed by atoms with E-state index in [0.717, 1.165) is 23.4 Å². The van der Waals surface area contributed by atoms with Crippen molar-refractivity contribution in [1.82, 2.24) is 10.3 Å². The summed E-state index contributed by atoms with van der Waals surface area (Å²) in [6.45, 7) is 7.92. The third-order valence-corrected chi connectivity index (χ3v) is 4.37. The second-order valence-electron chi connectivity index (χ2n) is 5.54. The Hall–Kier alpha value is -0.410. The minimum atomic E-state index is 0.556. The summed E-state index contributed by atoms with van der Waals surface area (Å²) in [5, 5.41) is 3.74. The zero-order chi connectivity index (χ0) is 14.8. The highest BCUT2D eigenvalue weighted by Gasteiger charge is 2.19. The SMILES string of the molecule is CCCCC(CC)C(Cc1ccc(Br)cn1)NCCC. The summed E-state index contributed by atoms with van der Waals surface area (Å²) in [5.41, 5.74) is 1.19. The van der Waals surface area contributed by atoms with Gasteiger partial charge >= 0.3 is 0 Å². The summed E-state index contributed by atoms with van der Waals surface area (Å²) < 4.78 is 1.05. The van der Waals surface area contributed by atoms with Gasteiger partial charge in [-0.15, -0.1) is 0 Å². The first-order valence-corrected chi connectivity index (χ1v) is 8.84. The van der Waals surface area contributed by atoms with Crippen molar-refractivity contribution in [3.8, 4) is 0 Å². The molecule has 0 saturated carbocycles. The van der Waals surface area contributed by atoms with Crippen LogP contribution in [-0.2, 0) is 6.42 Å². The van der Waals surface area contributed by atoms with Crippen LogP contribution in [0.15, 0.2) is 22.8 Å². The van der Waals surface area contributed by atoms with E-state index in [9.17, 15) is 0 Å². The number of hydrogen-bond acceptors (Lipinski definition) is 2. The monoisotopic (exact) mass is 340 g/mol. The summed E-state index contributed by atoms with van der Waals surface area (Å²) >= 11 is 3.45. The van der Waals surface area contributed by atoms with Crippen LogP contribution in [0.1, 0.15) is 58.6 Å². The third kappa shape index (κ3) is 6.36. The van der Waals surface area contributed by atoms with Crippen LogP contribution < -0.4 is 5.32 Å². The van der Waals surface area contributed by atoms with Crippen LogP contribution in [0.2, 0.25) is 0 Å². The van der Waals surface area contributed by atoms with Crippen molar-refractivity contribution in [3.63, 3.8) is 0 Å². The Morgan fingerprint density at radius 2 is 2.00 bits per heavy atom. The van der Waals surface area contributed by atoms with Crippen LogP contribution in [0.3, 0.4) is 0 Å². The maximum atomic E-state index is 4.54. The smallest absolute Gasteiger partial charge is 0.0420 e. The molecule has 3 heteroatoms. The first kappa shape index (κ1) is 17.6. The first-order valence-electron chi connectivity index (χ1n) is 8.05. The fourth-order valence-corrected chi connectivity index (χ4v) is 2.88. The lowest BCUT2D eigenvalue weighted by molar-refractivity contribution is 0.314. The molecule has 1 rings (SSSR count). The van der Waals surface area contributed by atoms with E-state index in [2.05, 4.69) is 59.1 Å². The third-order valence-electron chi connectivity index (χ3n) is 3.90. The molecule has 1 heterocycles.